The highest BCUT2D eigenvalue weighted by molar-refractivity contribution is 5.43. The fourth-order valence-corrected chi connectivity index (χ4v) is 1.90. The normalized spacial score (nSPS) is 10.5. The van der Waals surface area contributed by atoms with E-state index in [1.54, 1.807) is 7.11 Å². The summed E-state index contributed by atoms with van der Waals surface area (Å²) in [6.45, 7) is 10.4. The number of hydrogen-bond donors (Lipinski definition) is 2. The lowest BCUT2D eigenvalue weighted by Crippen LogP contribution is -2.25. The fraction of sp³-hybridized carbons (Fsp3) is 0.786. The minimum Gasteiger partial charge on any atom is -0.385 e. The molecule has 0 atom stereocenters. The van der Waals surface area contributed by atoms with Gasteiger partial charge in [-0.25, -0.2) is 0 Å². The van der Waals surface area contributed by atoms with Crippen molar-refractivity contribution in [2.45, 2.75) is 33.6 Å². The molecule has 120 valence electrons. The van der Waals surface area contributed by atoms with Gasteiger partial charge in [0.2, 0.25) is 17.8 Å². The Kier molecular flexibility index (Phi) is 8.42. The molecule has 0 aliphatic rings. The van der Waals surface area contributed by atoms with Crippen molar-refractivity contribution in [1.82, 2.24) is 15.0 Å². The second-order valence-electron chi connectivity index (χ2n) is 4.61. The van der Waals surface area contributed by atoms with Crippen molar-refractivity contribution in [2.24, 2.45) is 0 Å². The molecule has 7 heteroatoms. The van der Waals surface area contributed by atoms with Gasteiger partial charge >= 0.3 is 0 Å². The van der Waals surface area contributed by atoms with Crippen LogP contribution in [0.1, 0.15) is 33.6 Å². The molecule has 21 heavy (non-hydrogen) atoms. The highest BCUT2D eigenvalue weighted by Crippen LogP contribution is 2.13. The minimum absolute atomic E-state index is 0.619. The topological polar surface area (TPSA) is 75.2 Å². The van der Waals surface area contributed by atoms with Crippen LogP contribution in [0.3, 0.4) is 0 Å². The van der Waals surface area contributed by atoms with Crippen molar-refractivity contribution in [3.8, 4) is 0 Å². The van der Waals surface area contributed by atoms with E-state index < -0.39 is 0 Å². The summed E-state index contributed by atoms with van der Waals surface area (Å²) < 4.78 is 5.04. The number of nitrogens with one attached hydrogen (secondary N) is 2. The number of methoxy groups -OCH3 is 1. The Morgan fingerprint density at radius 1 is 0.952 bits per heavy atom. The summed E-state index contributed by atoms with van der Waals surface area (Å²) in [5.41, 5.74) is 0. The van der Waals surface area contributed by atoms with Crippen molar-refractivity contribution in [3.05, 3.63) is 0 Å². The summed E-state index contributed by atoms with van der Waals surface area (Å²) >= 11 is 0. The van der Waals surface area contributed by atoms with Gasteiger partial charge in [0.1, 0.15) is 0 Å². The molecule has 0 aliphatic carbocycles. The molecule has 1 heterocycles. The lowest BCUT2D eigenvalue weighted by Gasteiger charge is -2.19. The van der Waals surface area contributed by atoms with Gasteiger partial charge in [-0.1, -0.05) is 0 Å². The van der Waals surface area contributed by atoms with Crippen LogP contribution in [-0.2, 0) is 4.74 Å². The van der Waals surface area contributed by atoms with Crippen LogP contribution in [0.15, 0.2) is 0 Å². The fourth-order valence-electron chi connectivity index (χ4n) is 1.90. The second kappa shape index (κ2) is 10.1. The number of anilines is 3. The molecular formula is C14H28N6O. The van der Waals surface area contributed by atoms with Crippen molar-refractivity contribution >= 4 is 17.8 Å². The van der Waals surface area contributed by atoms with Crippen LogP contribution in [-0.4, -0.2) is 54.8 Å². The van der Waals surface area contributed by atoms with Gasteiger partial charge in [0.05, 0.1) is 0 Å². The molecular weight excluding hydrogens is 268 g/mol. The maximum atomic E-state index is 5.04. The molecule has 0 fully saturated rings. The molecule has 0 saturated heterocycles. The van der Waals surface area contributed by atoms with Crippen LogP contribution in [0.5, 0.6) is 0 Å². The molecule has 1 rings (SSSR count). The molecule has 0 amide bonds. The van der Waals surface area contributed by atoms with Gasteiger partial charge in [0.25, 0.3) is 0 Å². The first-order valence-electron chi connectivity index (χ1n) is 7.72. The summed E-state index contributed by atoms with van der Waals surface area (Å²) in [6, 6.07) is 0. The van der Waals surface area contributed by atoms with E-state index in [4.69, 9.17) is 4.74 Å². The van der Waals surface area contributed by atoms with E-state index in [1.807, 2.05) is 6.92 Å². The maximum Gasteiger partial charge on any atom is 0.231 e. The lowest BCUT2D eigenvalue weighted by atomic mass is 10.3. The monoisotopic (exact) mass is 296 g/mol. The zero-order valence-corrected chi connectivity index (χ0v) is 13.6. The molecule has 2 N–H and O–H groups in total. The summed E-state index contributed by atoms with van der Waals surface area (Å²) in [6.07, 6.45) is 2.05. The Morgan fingerprint density at radius 2 is 1.62 bits per heavy atom. The Balaban J connectivity index is 2.72. The van der Waals surface area contributed by atoms with Gasteiger partial charge in [-0.3, -0.25) is 0 Å². The summed E-state index contributed by atoms with van der Waals surface area (Å²) in [5, 5.41) is 6.41. The number of nitrogens with zero attached hydrogens (tertiary/aromatic N) is 4. The van der Waals surface area contributed by atoms with E-state index in [0.29, 0.717) is 17.8 Å². The average Bonchev–Trinajstić information content (AvgIpc) is 2.48. The molecule has 7 nitrogen and oxygen atoms in total. The molecule has 1 aromatic heterocycles. The Morgan fingerprint density at radius 3 is 2.19 bits per heavy atom. The predicted octanol–water partition coefficient (Wildman–Crippen LogP) is 1.99. The first-order valence-corrected chi connectivity index (χ1v) is 7.72. The Hall–Kier alpha value is -1.63. The molecule has 0 aliphatic heterocycles. The summed E-state index contributed by atoms with van der Waals surface area (Å²) in [5.74, 6) is 1.96. The van der Waals surface area contributed by atoms with Crippen molar-refractivity contribution < 1.29 is 4.74 Å². The number of unbranched alkanes of at least 4 members (excludes halogenated alkanes) is 1. The molecule has 1 aromatic rings. The van der Waals surface area contributed by atoms with E-state index in [0.717, 1.165) is 45.6 Å². The smallest absolute Gasteiger partial charge is 0.231 e. The van der Waals surface area contributed by atoms with Crippen molar-refractivity contribution in [2.75, 3.05) is 55.4 Å². The third-order valence-corrected chi connectivity index (χ3v) is 3.06. The number of aromatic nitrogens is 3. The average molecular weight is 296 g/mol. The van der Waals surface area contributed by atoms with Gasteiger partial charge in [-0.2, -0.15) is 15.0 Å². The molecule has 0 bridgehead atoms. The van der Waals surface area contributed by atoms with Gasteiger partial charge in [-0.15, -0.1) is 0 Å². The van der Waals surface area contributed by atoms with Gasteiger partial charge in [0, 0.05) is 39.9 Å². The van der Waals surface area contributed by atoms with Gasteiger partial charge in [-0.05, 0) is 33.6 Å². The van der Waals surface area contributed by atoms with Gasteiger partial charge < -0.3 is 20.3 Å². The van der Waals surface area contributed by atoms with Crippen molar-refractivity contribution in [1.29, 1.82) is 0 Å². The summed E-state index contributed by atoms with van der Waals surface area (Å²) in [4.78, 5) is 15.5. The van der Waals surface area contributed by atoms with Crippen LogP contribution < -0.4 is 15.5 Å². The van der Waals surface area contributed by atoms with E-state index in [-0.39, 0.29) is 0 Å². The van der Waals surface area contributed by atoms with Crippen LogP contribution in [0.2, 0.25) is 0 Å². The van der Waals surface area contributed by atoms with E-state index in [2.05, 4.69) is 44.3 Å². The molecule has 0 saturated carbocycles. The third kappa shape index (κ3) is 6.12. The molecule has 0 aromatic carbocycles. The highest BCUT2D eigenvalue weighted by Gasteiger charge is 2.10. The second-order valence-corrected chi connectivity index (χ2v) is 4.61. The molecule has 0 radical (unpaired) electrons. The number of hydrogen-bond acceptors (Lipinski definition) is 7. The third-order valence-electron chi connectivity index (χ3n) is 3.06. The molecule has 0 unspecified atom stereocenters. The standard InChI is InChI=1S/C14H28N6O/c1-5-15-12-17-13(16-10-8-9-11-21-4)19-14(18-12)20(6-2)7-3/h5-11H2,1-4H3,(H2,15,16,17,18,19). The largest absolute Gasteiger partial charge is 0.385 e. The van der Waals surface area contributed by atoms with Crippen LogP contribution in [0.4, 0.5) is 17.8 Å². The van der Waals surface area contributed by atoms with Crippen LogP contribution in [0.25, 0.3) is 0 Å². The SMILES string of the molecule is CCNc1nc(NCCCCOC)nc(N(CC)CC)n1. The first kappa shape index (κ1) is 17.4. The predicted molar refractivity (Wildman–Crippen MR) is 87.2 cm³/mol. The van der Waals surface area contributed by atoms with E-state index in [1.165, 1.54) is 0 Å². The minimum atomic E-state index is 0.619. The Bertz CT molecular complexity index is 397. The molecule has 0 spiro atoms. The van der Waals surface area contributed by atoms with Crippen LogP contribution in [0, 0.1) is 0 Å². The Labute approximate surface area is 127 Å². The lowest BCUT2D eigenvalue weighted by molar-refractivity contribution is 0.193. The number of ether oxygens (including phenoxy) is 1. The van der Waals surface area contributed by atoms with E-state index in [9.17, 15) is 0 Å². The number of rotatable bonds is 11. The highest BCUT2D eigenvalue weighted by atomic mass is 16.5. The van der Waals surface area contributed by atoms with E-state index >= 15 is 0 Å². The van der Waals surface area contributed by atoms with Gasteiger partial charge in [0.15, 0.2) is 0 Å². The summed E-state index contributed by atoms with van der Waals surface area (Å²) in [7, 11) is 1.72. The quantitative estimate of drug-likeness (QED) is 0.605. The zero-order valence-electron chi connectivity index (χ0n) is 13.6. The maximum absolute atomic E-state index is 5.04. The van der Waals surface area contributed by atoms with Crippen LogP contribution >= 0.6 is 0 Å². The first-order chi connectivity index (χ1) is 10.2. The zero-order chi connectivity index (χ0) is 15.5. The van der Waals surface area contributed by atoms with Crippen molar-refractivity contribution in [3.63, 3.8) is 0 Å².